The van der Waals surface area contributed by atoms with Crippen LogP contribution in [0.15, 0.2) is 35.3 Å². The number of rotatable bonds is 4. The average molecular weight is 300 g/mol. The largest absolute Gasteiger partial charge is 0.379 e. The van der Waals surface area contributed by atoms with Gasteiger partial charge in [-0.05, 0) is 17.9 Å². The fraction of sp³-hybridized carbons (Fsp3) is 0.556. The molecule has 2 aliphatic rings. The highest BCUT2D eigenvalue weighted by Crippen LogP contribution is 2.29. The van der Waals surface area contributed by atoms with E-state index in [4.69, 9.17) is 9.73 Å². The fourth-order valence-corrected chi connectivity index (χ4v) is 3.26. The molecule has 0 bridgehead atoms. The van der Waals surface area contributed by atoms with Crippen LogP contribution in [0.2, 0.25) is 0 Å². The van der Waals surface area contributed by atoms with Crippen LogP contribution < -0.4 is 0 Å². The molecule has 1 saturated carbocycles. The number of carbonyl (C=O) groups excluding carboxylic acids is 1. The van der Waals surface area contributed by atoms with Gasteiger partial charge in [0.15, 0.2) is 0 Å². The van der Waals surface area contributed by atoms with Crippen LogP contribution in [0, 0.1) is 0 Å². The molecule has 0 spiro atoms. The van der Waals surface area contributed by atoms with Crippen molar-refractivity contribution in [3.8, 4) is 0 Å². The van der Waals surface area contributed by atoms with E-state index in [1.54, 1.807) is 0 Å². The Morgan fingerprint density at radius 1 is 1.14 bits per heavy atom. The van der Waals surface area contributed by atoms with Crippen LogP contribution in [0.4, 0.5) is 0 Å². The summed E-state index contributed by atoms with van der Waals surface area (Å²) >= 11 is 0. The Morgan fingerprint density at radius 2 is 1.91 bits per heavy atom. The summed E-state index contributed by atoms with van der Waals surface area (Å²) < 4.78 is 5.35. The van der Waals surface area contributed by atoms with Crippen molar-refractivity contribution in [2.75, 3.05) is 39.4 Å². The Hall–Kier alpha value is -1.52. The van der Waals surface area contributed by atoms with Gasteiger partial charge in [0, 0.05) is 38.2 Å². The first-order valence-corrected chi connectivity index (χ1v) is 8.20. The number of hydrogen-bond acceptors (Lipinski definition) is 4. The smallest absolute Gasteiger partial charge is 0.139 e. The predicted octanol–water partition coefficient (Wildman–Crippen LogP) is 2.30. The molecule has 4 heteroatoms. The number of ether oxygens (including phenoxy) is 1. The number of hydrogen-bond donors (Lipinski definition) is 0. The maximum atomic E-state index is 12.0. The van der Waals surface area contributed by atoms with E-state index in [0.717, 1.165) is 51.5 Å². The highest BCUT2D eigenvalue weighted by Gasteiger charge is 2.25. The molecular weight excluding hydrogens is 276 g/mol. The number of ketones is 1. The van der Waals surface area contributed by atoms with Crippen LogP contribution in [-0.4, -0.2) is 55.8 Å². The summed E-state index contributed by atoms with van der Waals surface area (Å²) in [7, 11) is 0. The molecule has 0 amide bonds. The van der Waals surface area contributed by atoms with Crippen molar-refractivity contribution in [2.24, 2.45) is 4.99 Å². The van der Waals surface area contributed by atoms with E-state index in [1.807, 2.05) is 18.2 Å². The molecule has 1 aliphatic carbocycles. The van der Waals surface area contributed by atoms with Crippen LogP contribution in [0.5, 0.6) is 0 Å². The standard InChI is InChI=1S/C18H24N2O2/c21-18-13-16(15-4-2-1-3-5-15)12-17(14-18)19-6-7-20-8-10-22-11-9-20/h1-5,16H,6-14H2/t16-/m0/s1. The van der Waals surface area contributed by atoms with E-state index >= 15 is 0 Å². The molecule has 0 N–H and O–H groups in total. The molecule has 1 aromatic rings. The Kier molecular flexibility index (Phi) is 5.35. The molecule has 118 valence electrons. The Balaban J connectivity index is 1.56. The van der Waals surface area contributed by atoms with E-state index < -0.39 is 0 Å². The zero-order chi connectivity index (χ0) is 15.2. The molecule has 0 unspecified atom stereocenters. The van der Waals surface area contributed by atoms with Crippen LogP contribution in [0.3, 0.4) is 0 Å². The van der Waals surface area contributed by atoms with Crippen molar-refractivity contribution >= 4 is 11.5 Å². The number of morpholine rings is 1. The van der Waals surface area contributed by atoms with Gasteiger partial charge in [0.05, 0.1) is 19.8 Å². The summed E-state index contributed by atoms with van der Waals surface area (Å²) in [6, 6.07) is 10.3. The van der Waals surface area contributed by atoms with E-state index in [2.05, 4.69) is 17.0 Å². The summed E-state index contributed by atoms with van der Waals surface area (Å²) in [5.74, 6) is 0.634. The lowest BCUT2D eigenvalue weighted by Crippen LogP contribution is -2.37. The van der Waals surface area contributed by atoms with Crippen LogP contribution in [-0.2, 0) is 9.53 Å². The molecule has 2 fully saturated rings. The predicted molar refractivity (Wildman–Crippen MR) is 87.6 cm³/mol. The molecule has 1 atom stereocenters. The Bertz CT molecular complexity index is 521. The molecule has 22 heavy (non-hydrogen) atoms. The SMILES string of the molecule is O=C1CC(=NCCN2CCOCC2)C[C@H](c2ccccc2)C1. The molecule has 1 aromatic carbocycles. The highest BCUT2D eigenvalue weighted by molar-refractivity contribution is 6.05. The van der Waals surface area contributed by atoms with E-state index in [1.165, 1.54) is 5.56 Å². The second-order valence-corrected chi connectivity index (χ2v) is 6.13. The van der Waals surface area contributed by atoms with Crippen molar-refractivity contribution < 1.29 is 9.53 Å². The third kappa shape index (κ3) is 4.24. The zero-order valence-electron chi connectivity index (χ0n) is 13.0. The fourth-order valence-electron chi connectivity index (χ4n) is 3.26. The number of benzene rings is 1. The lowest BCUT2D eigenvalue weighted by molar-refractivity contribution is -0.118. The molecule has 4 nitrogen and oxygen atoms in total. The van der Waals surface area contributed by atoms with Gasteiger partial charge in [-0.1, -0.05) is 30.3 Å². The quantitative estimate of drug-likeness (QED) is 0.857. The van der Waals surface area contributed by atoms with E-state index in [9.17, 15) is 4.79 Å². The summed E-state index contributed by atoms with van der Waals surface area (Å²) in [4.78, 5) is 19.1. The lowest BCUT2D eigenvalue weighted by Gasteiger charge is -2.26. The van der Waals surface area contributed by atoms with Gasteiger partial charge in [-0.3, -0.25) is 14.7 Å². The molecule has 1 aliphatic heterocycles. The minimum Gasteiger partial charge on any atom is -0.379 e. The van der Waals surface area contributed by atoms with Gasteiger partial charge in [-0.15, -0.1) is 0 Å². The van der Waals surface area contributed by atoms with E-state index in [-0.39, 0.29) is 0 Å². The molecular formula is C18H24N2O2. The van der Waals surface area contributed by atoms with Gasteiger partial charge < -0.3 is 4.74 Å². The molecule has 1 saturated heterocycles. The van der Waals surface area contributed by atoms with Gasteiger partial charge in [-0.2, -0.15) is 0 Å². The lowest BCUT2D eigenvalue weighted by atomic mass is 9.82. The van der Waals surface area contributed by atoms with Crippen LogP contribution in [0.1, 0.15) is 30.7 Å². The summed E-state index contributed by atoms with van der Waals surface area (Å²) in [6.45, 7) is 5.41. The minimum absolute atomic E-state index is 0.310. The molecule has 1 heterocycles. The molecule has 3 rings (SSSR count). The average Bonchev–Trinajstić information content (AvgIpc) is 2.56. The highest BCUT2D eigenvalue weighted by atomic mass is 16.5. The summed E-state index contributed by atoms with van der Waals surface area (Å²) in [5, 5.41) is 0. The minimum atomic E-state index is 0.310. The summed E-state index contributed by atoms with van der Waals surface area (Å²) in [6.07, 6.45) is 2.14. The maximum Gasteiger partial charge on any atom is 0.139 e. The van der Waals surface area contributed by atoms with Gasteiger partial charge in [-0.25, -0.2) is 0 Å². The third-order valence-corrected chi connectivity index (χ3v) is 4.48. The monoisotopic (exact) mass is 300 g/mol. The molecule has 0 aromatic heterocycles. The van der Waals surface area contributed by atoms with Gasteiger partial charge in [0.25, 0.3) is 0 Å². The van der Waals surface area contributed by atoms with Crippen molar-refractivity contribution in [3.05, 3.63) is 35.9 Å². The first kappa shape index (κ1) is 15.4. The Morgan fingerprint density at radius 3 is 2.68 bits per heavy atom. The number of aliphatic imine (C=N–C) groups is 1. The zero-order valence-corrected chi connectivity index (χ0v) is 13.0. The van der Waals surface area contributed by atoms with Crippen molar-refractivity contribution in [1.29, 1.82) is 0 Å². The van der Waals surface area contributed by atoms with Crippen LogP contribution in [0.25, 0.3) is 0 Å². The van der Waals surface area contributed by atoms with Crippen LogP contribution >= 0.6 is 0 Å². The summed E-state index contributed by atoms with van der Waals surface area (Å²) in [5.41, 5.74) is 2.34. The second-order valence-electron chi connectivity index (χ2n) is 6.13. The molecule has 0 radical (unpaired) electrons. The van der Waals surface area contributed by atoms with E-state index in [0.29, 0.717) is 24.5 Å². The number of Topliss-reactive ketones (excluding diaryl/α,β-unsaturated/α-hetero) is 1. The number of nitrogens with zero attached hydrogens (tertiary/aromatic N) is 2. The second kappa shape index (κ2) is 7.65. The third-order valence-electron chi connectivity index (χ3n) is 4.48. The first-order chi connectivity index (χ1) is 10.8. The van der Waals surface area contributed by atoms with Gasteiger partial charge >= 0.3 is 0 Å². The van der Waals surface area contributed by atoms with Gasteiger partial charge in [0.2, 0.25) is 0 Å². The Labute approximate surface area is 132 Å². The van der Waals surface area contributed by atoms with Gasteiger partial charge in [0.1, 0.15) is 5.78 Å². The first-order valence-electron chi connectivity index (χ1n) is 8.20. The van der Waals surface area contributed by atoms with Crippen molar-refractivity contribution in [3.63, 3.8) is 0 Å². The maximum absolute atomic E-state index is 12.0. The topological polar surface area (TPSA) is 41.9 Å². The van der Waals surface area contributed by atoms with Crippen molar-refractivity contribution in [2.45, 2.75) is 25.2 Å². The van der Waals surface area contributed by atoms with Crippen molar-refractivity contribution in [1.82, 2.24) is 4.90 Å². The normalized spacial score (nSPS) is 25.5. The number of carbonyl (C=O) groups is 1.